The first-order chi connectivity index (χ1) is 10.5. The van der Waals surface area contributed by atoms with Gasteiger partial charge in [-0.15, -0.1) is 0 Å². The molecule has 22 heavy (non-hydrogen) atoms. The van der Waals surface area contributed by atoms with Crippen LogP contribution in [0.15, 0.2) is 18.2 Å². The molecule has 0 aliphatic carbocycles. The van der Waals surface area contributed by atoms with E-state index in [2.05, 4.69) is 32.9 Å². The minimum Gasteiger partial charge on any atom is -0.496 e. The lowest BCUT2D eigenvalue weighted by Crippen LogP contribution is -2.05. The molecule has 0 bridgehead atoms. The molecule has 2 rings (SSSR count). The Morgan fingerprint density at radius 1 is 1.23 bits per heavy atom. The second-order valence-electron chi connectivity index (χ2n) is 6.20. The second kappa shape index (κ2) is 6.97. The van der Waals surface area contributed by atoms with Crippen LogP contribution in [0.3, 0.4) is 0 Å². The summed E-state index contributed by atoms with van der Waals surface area (Å²) in [6.07, 6.45) is 2.05. The molecular weight excluding hydrogens is 274 g/mol. The van der Waals surface area contributed by atoms with Gasteiger partial charge in [0.05, 0.1) is 18.3 Å². The molecule has 1 atom stereocenters. The molecule has 0 spiro atoms. The Hall–Kier alpha value is -1.81. The van der Waals surface area contributed by atoms with Crippen LogP contribution in [0.4, 0.5) is 5.69 Å². The van der Waals surface area contributed by atoms with Crippen molar-refractivity contribution in [2.75, 3.05) is 19.4 Å². The van der Waals surface area contributed by atoms with E-state index in [-0.39, 0.29) is 0 Å². The molecule has 0 amide bonds. The molecule has 0 aliphatic rings. The average molecular weight is 301 g/mol. The predicted molar refractivity (Wildman–Crippen MR) is 93.5 cm³/mol. The molecular formula is C18H27N3O. The molecule has 1 aromatic carbocycles. The Kier molecular flexibility index (Phi) is 5.24. The van der Waals surface area contributed by atoms with E-state index in [0.29, 0.717) is 17.5 Å². The fourth-order valence-corrected chi connectivity index (χ4v) is 2.94. The van der Waals surface area contributed by atoms with Gasteiger partial charge in [0, 0.05) is 22.7 Å². The minimum absolute atomic E-state index is 0.348. The number of benzene rings is 1. The number of hydrogen-bond donors (Lipinski definition) is 2. The van der Waals surface area contributed by atoms with Crippen LogP contribution in [-0.4, -0.2) is 18.6 Å². The van der Waals surface area contributed by atoms with E-state index in [9.17, 15) is 0 Å². The molecule has 1 unspecified atom stereocenters. The summed E-state index contributed by atoms with van der Waals surface area (Å²) in [5.74, 6) is 1.57. The maximum absolute atomic E-state index is 6.21. The largest absolute Gasteiger partial charge is 0.496 e. The van der Waals surface area contributed by atoms with Gasteiger partial charge in [0.15, 0.2) is 0 Å². The first-order valence-corrected chi connectivity index (χ1v) is 7.96. The summed E-state index contributed by atoms with van der Waals surface area (Å²) in [6, 6.07) is 6.12. The Bertz CT molecular complexity index is 652. The van der Waals surface area contributed by atoms with Crippen LogP contribution in [-0.2, 0) is 0 Å². The molecule has 1 heterocycles. The highest BCUT2D eigenvalue weighted by Crippen LogP contribution is 2.37. The quantitative estimate of drug-likeness (QED) is 0.796. The van der Waals surface area contributed by atoms with Gasteiger partial charge in [0.25, 0.3) is 0 Å². The van der Waals surface area contributed by atoms with Crippen LogP contribution in [0, 0.1) is 0 Å². The van der Waals surface area contributed by atoms with Crippen LogP contribution in [0.2, 0.25) is 0 Å². The summed E-state index contributed by atoms with van der Waals surface area (Å²) >= 11 is 0. The predicted octanol–water partition coefficient (Wildman–Crippen LogP) is 3.79. The lowest BCUT2D eigenvalue weighted by atomic mass is 9.94. The van der Waals surface area contributed by atoms with E-state index >= 15 is 0 Å². The number of fused-ring (bicyclic) bond motifs is 1. The van der Waals surface area contributed by atoms with Crippen LogP contribution in [0.1, 0.15) is 56.7 Å². The Morgan fingerprint density at radius 3 is 2.55 bits per heavy atom. The van der Waals surface area contributed by atoms with Crippen molar-refractivity contribution in [2.24, 2.45) is 5.73 Å². The molecule has 0 radical (unpaired) electrons. The summed E-state index contributed by atoms with van der Waals surface area (Å²) in [7, 11) is 1.68. The van der Waals surface area contributed by atoms with Crippen molar-refractivity contribution in [2.45, 2.75) is 45.4 Å². The van der Waals surface area contributed by atoms with Gasteiger partial charge < -0.3 is 16.2 Å². The van der Waals surface area contributed by atoms with E-state index in [0.717, 1.165) is 41.7 Å². The number of pyridine rings is 1. The third-order valence-electron chi connectivity index (χ3n) is 4.18. The zero-order valence-corrected chi connectivity index (χ0v) is 14.0. The van der Waals surface area contributed by atoms with Crippen molar-refractivity contribution >= 4 is 16.6 Å². The van der Waals surface area contributed by atoms with Crippen molar-refractivity contribution < 1.29 is 4.74 Å². The first-order valence-electron chi connectivity index (χ1n) is 7.96. The van der Waals surface area contributed by atoms with E-state index in [1.54, 1.807) is 7.11 Å². The summed E-state index contributed by atoms with van der Waals surface area (Å²) in [5, 5.41) is 1.08. The molecule has 4 nitrogen and oxygen atoms in total. The van der Waals surface area contributed by atoms with Crippen molar-refractivity contribution in [1.29, 1.82) is 0 Å². The number of rotatable bonds is 6. The lowest BCUT2D eigenvalue weighted by molar-refractivity contribution is 0.409. The van der Waals surface area contributed by atoms with E-state index in [1.807, 2.05) is 6.07 Å². The molecule has 2 aromatic rings. The molecule has 0 saturated carbocycles. The summed E-state index contributed by atoms with van der Waals surface area (Å²) in [4.78, 5) is 4.82. The second-order valence-corrected chi connectivity index (χ2v) is 6.20. The number of nitrogens with zero attached hydrogens (tertiary/aromatic N) is 1. The average Bonchev–Trinajstić information content (AvgIpc) is 2.51. The molecule has 0 saturated heterocycles. The van der Waals surface area contributed by atoms with E-state index in [4.69, 9.17) is 21.2 Å². The Labute approximate surface area is 132 Å². The summed E-state index contributed by atoms with van der Waals surface area (Å²) in [5.41, 5.74) is 15.6. The molecule has 4 heteroatoms. The monoisotopic (exact) mass is 301 g/mol. The number of nitrogen functional groups attached to an aromatic ring is 1. The van der Waals surface area contributed by atoms with Gasteiger partial charge in [-0.3, -0.25) is 4.98 Å². The fraction of sp³-hybridized carbons (Fsp3) is 0.500. The van der Waals surface area contributed by atoms with Crippen LogP contribution < -0.4 is 16.2 Å². The van der Waals surface area contributed by atoms with Gasteiger partial charge in [-0.05, 0) is 37.3 Å². The van der Waals surface area contributed by atoms with Gasteiger partial charge in [-0.2, -0.15) is 0 Å². The van der Waals surface area contributed by atoms with Gasteiger partial charge in [-0.1, -0.05) is 26.8 Å². The molecule has 4 N–H and O–H groups in total. The smallest absolute Gasteiger partial charge is 0.125 e. The van der Waals surface area contributed by atoms with Gasteiger partial charge in [0.2, 0.25) is 0 Å². The highest BCUT2D eigenvalue weighted by Gasteiger charge is 2.17. The van der Waals surface area contributed by atoms with E-state index < -0.39 is 0 Å². The summed E-state index contributed by atoms with van der Waals surface area (Å²) in [6.45, 7) is 7.22. The Balaban J connectivity index is 2.56. The number of ether oxygens (including phenoxy) is 1. The number of nitrogens with two attached hydrogens (primary N) is 2. The zero-order chi connectivity index (χ0) is 16.3. The molecule has 0 fully saturated rings. The molecule has 1 aromatic heterocycles. The highest BCUT2D eigenvalue weighted by molar-refractivity contribution is 5.94. The van der Waals surface area contributed by atoms with Crippen LogP contribution >= 0.6 is 0 Å². The normalized spacial score (nSPS) is 12.8. The van der Waals surface area contributed by atoms with Crippen molar-refractivity contribution in [3.63, 3.8) is 0 Å². The van der Waals surface area contributed by atoms with Gasteiger partial charge in [0.1, 0.15) is 5.75 Å². The Morgan fingerprint density at radius 2 is 1.95 bits per heavy atom. The third-order valence-corrected chi connectivity index (χ3v) is 4.18. The van der Waals surface area contributed by atoms with Gasteiger partial charge >= 0.3 is 0 Å². The number of aromatic nitrogens is 1. The van der Waals surface area contributed by atoms with Crippen molar-refractivity contribution in [3.05, 3.63) is 29.5 Å². The molecule has 0 aliphatic heterocycles. The number of anilines is 1. The first kappa shape index (κ1) is 16.6. The number of methoxy groups -OCH3 is 1. The zero-order valence-electron chi connectivity index (χ0n) is 14.0. The fourth-order valence-electron chi connectivity index (χ4n) is 2.94. The van der Waals surface area contributed by atoms with Crippen LogP contribution in [0.25, 0.3) is 10.9 Å². The molecule has 120 valence electrons. The van der Waals surface area contributed by atoms with Crippen LogP contribution in [0.5, 0.6) is 5.75 Å². The maximum atomic E-state index is 6.21. The lowest BCUT2D eigenvalue weighted by Gasteiger charge is -2.18. The van der Waals surface area contributed by atoms with E-state index in [1.165, 1.54) is 5.56 Å². The van der Waals surface area contributed by atoms with Crippen molar-refractivity contribution in [3.8, 4) is 5.75 Å². The highest BCUT2D eigenvalue weighted by atomic mass is 16.5. The maximum Gasteiger partial charge on any atom is 0.125 e. The topological polar surface area (TPSA) is 74.2 Å². The van der Waals surface area contributed by atoms with Crippen molar-refractivity contribution in [1.82, 2.24) is 4.98 Å². The number of hydrogen-bond acceptors (Lipinski definition) is 4. The third kappa shape index (κ3) is 3.17. The minimum atomic E-state index is 0.348. The SMILES string of the molecule is COc1cc(N)c2nc(C(C)CCCN)ccc2c1C(C)C. The van der Waals surface area contributed by atoms with Gasteiger partial charge in [-0.25, -0.2) is 0 Å². The summed E-state index contributed by atoms with van der Waals surface area (Å²) < 4.78 is 5.50. The standard InChI is InChI=1S/C18H27N3O/c1-11(2)17-13-7-8-15(12(3)6-5-9-19)21-18(13)14(20)10-16(17)22-4/h7-8,10-12H,5-6,9,19-20H2,1-4H3.